The minimum Gasteiger partial charge on any atom is -0.337 e. The molecule has 0 fully saturated rings. The minimum absolute atomic E-state index is 0.235. The summed E-state index contributed by atoms with van der Waals surface area (Å²) in [4.78, 5) is 11.6. The summed E-state index contributed by atoms with van der Waals surface area (Å²) in [5.41, 5.74) is 2.10. The van der Waals surface area contributed by atoms with E-state index in [9.17, 15) is 4.79 Å². The molecule has 0 spiro atoms. The van der Waals surface area contributed by atoms with E-state index in [1.807, 2.05) is 18.3 Å². The SMILES string of the molecule is O=C1CC(c2ccsc2)n2cccc21. The van der Waals surface area contributed by atoms with Crippen LogP contribution in [0.1, 0.15) is 28.5 Å². The van der Waals surface area contributed by atoms with E-state index in [2.05, 4.69) is 21.4 Å². The molecule has 0 radical (unpaired) electrons. The van der Waals surface area contributed by atoms with Gasteiger partial charge in [-0.2, -0.15) is 11.3 Å². The molecule has 0 aromatic carbocycles. The average Bonchev–Trinajstić information content (AvgIpc) is 2.84. The normalized spacial score (nSPS) is 20.0. The van der Waals surface area contributed by atoms with Gasteiger partial charge in [-0.1, -0.05) is 0 Å². The van der Waals surface area contributed by atoms with E-state index in [0.29, 0.717) is 6.42 Å². The summed E-state index contributed by atoms with van der Waals surface area (Å²) < 4.78 is 2.07. The Kier molecular flexibility index (Phi) is 1.61. The molecule has 70 valence electrons. The van der Waals surface area contributed by atoms with Crippen molar-refractivity contribution in [3.05, 3.63) is 46.4 Å². The van der Waals surface area contributed by atoms with E-state index in [1.165, 1.54) is 5.56 Å². The summed E-state index contributed by atoms with van der Waals surface area (Å²) >= 11 is 1.68. The number of hydrogen-bond donors (Lipinski definition) is 0. The van der Waals surface area contributed by atoms with E-state index in [-0.39, 0.29) is 11.8 Å². The Bertz CT molecular complexity index is 469. The zero-order valence-corrected chi connectivity index (χ0v) is 8.33. The Labute approximate surface area is 85.8 Å². The van der Waals surface area contributed by atoms with Crippen LogP contribution in [0.5, 0.6) is 0 Å². The molecule has 0 saturated carbocycles. The van der Waals surface area contributed by atoms with E-state index in [4.69, 9.17) is 0 Å². The lowest BCUT2D eigenvalue weighted by atomic mass is 10.1. The summed E-state index contributed by atoms with van der Waals surface area (Å²) in [7, 11) is 0. The fourth-order valence-corrected chi connectivity index (χ4v) is 2.73. The Balaban J connectivity index is 2.11. The molecule has 3 rings (SSSR count). The first kappa shape index (κ1) is 8.00. The monoisotopic (exact) mass is 203 g/mol. The molecule has 2 aromatic rings. The molecule has 0 aliphatic carbocycles. The maximum absolute atomic E-state index is 11.6. The summed E-state index contributed by atoms with van der Waals surface area (Å²) in [6.07, 6.45) is 2.61. The summed E-state index contributed by atoms with van der Waals surface area (Å²) in [5.74, 6) is 0.256. The second kappa shape index (κ2) is 2.82. The number of rotatable bonds is 1. The molecule has 14 heavy (non-hydrogen) atoms. The van der Waals surface area contributed by atoms with Crippen LogP contribution in [0.2, 0.25) is 0 Å². The maximum atomic E-state index is 11.6. The van der Waals surface area contributed by atoms with Gasteiger partial charge in [0.1, 0.15) is 0 Å². The zero-order valence-electron chi connectivity index (χ0n) is 7.51. The van der Waals surface area contributed by atoms with Gasteiger partial charge < -0.3 is 4.57 Å². The molecule has 0 saturated heterocycles. The average molecular weight is 203 g/mol. The van der Waals surface area contributed by atoms with E-state index in [1.54, 1.807) is 11.3 Å². The molecule has 1 atom stereocenters. The van der Waals surface area contributed by atoms with Crippen molar-refractivity contribution in [2.45, 2.75) is 12.5 Å². The standard InChI is InChI=1S/C11H9NOS/c13-11-6-10(8-3-5-14-7-8)12-4-1-2-9(11)12/h1-5,7,10H,6H2. The number of nitrogens with zero attached hydrogens (tertiary/aromatic N) is 1. The lowest BCUT2D eigenvalue weighted by Gasteiger charge is -2.09. The summed E-state index contributed by atoms with van der Waals surface area (Å²) in [6.45, 7) is 0. The number of ketones is 1. The Hall–Kier alpha value is -1.35. The number of Topliss-reactive ketones (excluding diaryl/α,β-unsaturated/α-hetero) is 1. The Morgan fingerprint density at radius 2 is 2.36 bits per heavy atom. The Morgan fingerprint density at radius 3 is 3.14 bits per heavy atom. The van der Waals surface area contributed by atoms with Crippen molar-refractivity contribution in [3.8, 4) is 0 Å². The van der Waals surface area contributed by atoms with Gasteiger partial charge in [-0.3, -0.25) is 4.79 Å². The van der Waals surface area contributed by atoms with Crippen LogP contribution in [0.15, 0.2) is 35.2 Å². The molecule has 2 nitrogen and oxygen atoms in total. The van der Waals surface area contributed by atoms with Gasteiger partial charge in [-0.05, 0) is 34.5 Å². The third-order valence-electron chi connectivity index (χ3n) is 2.71. The predicted octanol–water partition coefficient (Wildman–Crippen LogP) is 2.73. The van der Waals surface area contributed by atoms with Gasteiger partial charge in [0, 0.05) is 12.6 Å². The van der Waals surface area contributed by atoms with Crippen LogP contribution < -0.4 is 0 Å². The van der Waals surface area contributed by atoms with E-state index in [0.717, 1.165) is 5.69 Å². The third kappa shape index (κ3) is 0.990. The van der Waals surface area contributed by atoms with Crippen LogP contribution in [-0.4, -0.2) is 10.4 Å². The van der Waals surface area contributed by atoms with Crippen LogP contribution in [0, 0.1) is 0 Å². The van der Waals surface area contributed by atoms with Crippen molar-refractivity contribution in [2.75, 3.05) is 0 Å². The van der Waals surface area contributed by atoms with Crippen molar-refractivity contribution in [1.29, 1.82) is 0 Å². The van der Waals surface area contributed by atoms with Crippen molar-refractivity contribution in [3.63, 3.8) is 0 Å². The van der Waals surface area contributed by atoms with E-state index < -0.39 is 0 Å². The first-order valence-electron chi connectivity index (χ1n) is 4.58. The lowest BCUT2D eigenvalue weighted by Crippen LogP contribution is -2.02. The van der Waals surface area contributed by atoms with Crippen molar-refractivity contribution in [2.24, 2.45) is 0 Å². The summed E-state index contributed by atoms with van der Waals surface area (Å²) in [6, 6.07) is 6.16. The zero-order chi connectivity index (χ0) is 9.54. The highest BCUT2D eigenvalue weighted by Gasteiger charge is 2.29. The van der Waals surface area contributed by atoms with Gasteiger partial charge in [-0.15, -0.1) is 0 Å². The molecular weight excluding hydrogens is 194 g/mol. The molecule has 3 heteroatoms. The lowest BCUT2D eigenvalue weighted by molar-refractivity contribution is 0.0991. The largest absolute Gasteiger partial charge is 0.337 e. The molecule has 2 aromatic heterocycles. The highest BCUT2D eigenvalue weighted by Crippen LogP contribution is 2.32. The number of carbonyl (C=O) groups excluding carboxylic acids is 1. The quantitative estimate of drug-likeness (QED) is 0.698. The van der Waals surface area contributed by atoms with Crippen molar-refractivity contribution < 1.29 is 4.79 Å². The molecule has 0 bridgehead atoms. The fourth-order valence-electron chi connectivity index (χ4n) is 2.02. The van der Waals surface area contributed by atoms with Crippen molar-refractivity contribution >= 4 is 17.1 Å². The molecular formula is C11H9NOS. The molecule has 1 aliphatic heterocycles. The number of thiophene rings is 1. The van der Waals surface area contributed by atoms with Crippen LogP contribution in [0.4, 0.5) is 0 Å². The maximum Gasteiger partial charge on any atom is 0.181 e. The van der Waals surface area contributed by atoms with Crippen LogP contribution in [0.3, 0.4) is 0 Å². The molecule has 1 unspecified atom stereocenters. The first-order chi connectivity index (χ1) is 6.86. The van der Waals surface area contributed by atoms with Crippen molar-refractivity contribution in [1.82, 2.24) is 4.57 Å². The van der Waals surface area contributed by atoms with Gasteiger partial charge in [0.25, 0.3) is 0 Å². The smallest absolute Gasteiger partial charge is 0.181 e. The predicted molar refractivity (Wildman–Crippen MR) is 55.8 cm³/mol. The number of aromatic nitrogens is 1. The van der Waals surface area contributed by atoms with Crippen LogP contribution >= 0.6 is 11.3 Å². The second-order valence-corrected chi connectivity index (χ2v) is 4.28. The highest BCUT2D eigenvalue weighted by molar-refractivity contribution is 7.08. The van der Waals surface area contributed by atoms with Gasteiger partial charge in [0.2, 0.25) is 0 Å². The van der Waals surface area contributed by atoms with Gasteiger partial charge in [-0.25, -0.2) is 0 Å². The fraction of sp³-hybridized carbons (Fsp3) is 0.182. The highest BCUT2D eigenvalue weighted by atomic mass is 32.1. The molecule has 1 aliphatic rings. The number of hydrogen-bond acceptors (Lipinski definition) is 2. The molecule has 0 N–H and O–H groups in total. The van der Waals surface area contributed by atoms with Gasteiger partial charge in [0.05, 0.1) is 11.7 Å². The van der Waals surface area contributed by atoms with E-state index >= 15 is 0 Å². The Morgan fingerprint density at radius 1 is 1.43 bits per heavy atom. The second-order valence-electron chi connectivity index (χ2n) is 3.50. The van der Waals surface area contributed by atoms with Crippen LogP contribution in [-0.2, 0) is 0 Å². The number of fused-ring (bicyclic) bond motifs is 1. The molecule has 3 heterocycles. The van der Waals surface area contributed by atoms with Gasteiger partial charge >= 0.3 is 0 Å². The van der Waals surface area contributed by atoms with Crippen LogP contribution in [0.25, 0.3) is 0 Å². The third-order valence-corrected chi connectivity index (χ3v) is 3.41. The van der Waals surface area contributed by atoms with Gasteiger partial charge in [0.15, 0.2) is 5.78 Å². The number of carbonyl (C=O) groups is 1. The first-order valence-corrected chi connectivity index (χ1v) is 5.52. The molecule has 0 amide bonds. The summed E-state index contributed by atoms with van der Waals surface area (Å²) in [5, 5.41) is 4.17. The topological polar surface area (TPSA) is 22.0 Å². The minimum atomic E-state index is 0.235.